The SMILES string of the molecule is COC1CCN(C(=O)c2ccc(C(C)C)cc2)CC1CC(C)C. The molecule has 0 N–H and O–H groups in total. The van der Waals surface area contributed by atoms with E-state index < -0.39 is 0 Å². The molecular weight excluding hydrogens is 286 g/mol. The predicted octanol–water partition coefficient (Wildman–Crippen LogP) is 4.33. The lowest BCUT2D eigenvalue weighted by Gasteiger charge is -2.38. The van der Waals surface area contributed by atoms with Gasteiger partial charge < -0.3 is 9.64 Å². The van der Waals surface area contributed by atoms with Gasteiger partial charge in [0.25, 0.3) is 5.91 Å². The van der Waals surface area contributed by atoms with Crippen molar-refractivity contribution in [3.8, 4) is 0 Å². The van der Waals surface area contributed by atoms with Crippen LogP contribution < -0.4 is 0 Å². The summed E-state index contributed by atoms with van der Waals surface area (Å²) in [6.45, 7) is 10.4. The number of hydrogen-bond donors (Lipinski definition) is 0. The standard InChI is InChI=1S/C20H31NO2/c1-14(2)12-18-13-21(11-10-19(18)23-5)20(22)17-8-6-16(7-9-17)15(3)4/h6-9,14-15,18-19H,10-13H2,1-5H3. The number of ether oxygens (including phenoxy) is 1. The van der Waals surface area contributed by atoms with Crippen molar-refractivity contribution in [2.75, 3.05) is 20.2 Å². The molecule has 0 radical (unpaired) electrons. The second-order valence-corrected chi connectivity index (χ2v) is 7.48. The monoisotopic (exact) mass is 317 g/mol. The summed E-state index contributed by atoms with van der Waals surface area (Å²) in [4.78, 5) is 14.8. The van der Waals surface area contributed by atoms with Gasteiger partial charge in [-0.3, -0.25) is 4.79 Å². The molecule has 1 saturated heterocycles. The zero-order valence-corrected chi connectivity index (χ0v) is 15.2. The van der Waals surface area contributed by atoms with E-state index in [0.29, 0.717) is 17.8 Å². The molecule has 2 rings (SSSR count). The van der Waals surface area contributed by atoms with Gasteiger partial charge in [0.15, 0.2) is 0 Å². The van der Waals surface area contributed by atoms with Crippen molar-refractivity contribution in [3.05, 3.63) is 35.4 Å². The largest absolute Gasteiger partial charge is 0.381 e. The number of likely N-dealkylation sites (tertiary alicyclic amines) is 1. The lowest BCUT2D eigenvalue weighted by Crippen LogP contribution is -2.47. The molecule has 0 spiro atoms. The van der Waals surface area contributed by atoms with Crippen LogP contribution in [0.3, 0.4) is 0 Å². The minimum Gasteiger partial charge on any atom is -0.381 e. The maximum absolute atomic E-state index is 12.8. The summed E-state index contributed by atoms with van der Waals surface area (Å²) >= 11 is 0. The number of rotatable bonds is 5. The fraction of sp³-hybridized carbons (Fsp3) is 0.650. The number of nitrogens with zero attached hydrogens (tertiary/aromatic N) is 1. The topological polar surface area (TPSA) is 29.5 Å². The van der Waals surface area contributed by atoms with Crippen molar-refractivity contribution in [3.63, 3.8) is 0 Å². The van der Waals surface area contributed by atoms with Crippen LogP contribution >= 0.6 is 0 Å². The van der Waals surface area contributed by atoms with Crippen LogP contribution in [-0.2, 0) is 4.74 Å². The second-order valence-electron chi connectivity index (χ2n) is 7.48. The number of amides is 1. The zero-order valence-electron chi connectivity index (χ0n) is 15.2. The van der Waals surface area contributed by atoms with Gasteiger partial charge in [-0.1, -0.05) is 39.8 Å². The molecule has 23 heavy (non-hydrogen) atoms. The number of methoxy groups -OCH3 is 1. The molecule has 3 nitrogen and oxygen atoms in total. The molecule has 3 heteroatoms. The average molecular weight is 317 g/mol. The highest BCUT2D eigenvalue weighted by atomic mass is 16.5. The van der Waals surface area contributed by atoms with Crippen molar-refractivity contribution in [1.82, 2.24) is 4.90 Å². The van der Waals surface area contributed by atoms with E-state index in [-0.39, 0.29) is 12.0 Å². The van der Waals surface area contributed by atoms with E-state index in [1.807, 2.05) is 17.0 Å². The van der Waals surface area contributed by atoms with Crippen LogP contribution in [0.25, 0.3) is 0 Å². The molecule has 2 atom stereocenters. The third-order valence-electron chi connectivity index (χ3n) is 4.85. The van der Waals surface area contributed by atoms with E-state index in [0.717, 1.165) is 31.5 Å². The maximum Gasteiger partial charge on any atom is 0.253 e. The second kappa shape index (κ2) is 7.96. The molecule has 1 aliphatic rings. The summed E-state index contributed by atoms with van der Waals surface area (Å²) in [6.07, 6.45) is 2.32. The Bertz CT molecular complexity index is 507. The number of carbonyl (C=O) groups is 1. The Morgan fingerprint density at radius 2 is 1.87 bits per heavy atom. The highest BCUT2D eigenvalue weighted by molar-refractivity contribution is 5.94. The van der Waals surface area contributed by atoms with Gasteiger partial charge in [-0.15, -0.1) is 0 Å². The third-order valence-corrected chi connectivity index (χ3v) is 4.85. The minimum atomic E-state index is 0.156. The van der Waals surface area contributed by atoms with Crippen LogP contribution in [0.4, 0.5) is 0 Å². The summed E-state index contributed by atoms with van der Waals surface area (Å²) in [5.74, 6) is 1.71. The lowest BCUT2D eigenvalue weighted by molar-refractivity contribution is -0.00970. The normalized spacial score (nSPS) is 22.0. The molecule has 0 bridgehead atoms. The molecule has 0 aliphatic carbocycles. The molecule has 0 saturated carbocycles. The van der Waals surface area contributed by atoms with Crippen LogP contribution in [0, 0.1) is 11.8 Å². The maximum atomic E-state index is 12.8. The molecule has 0 aromatic heterocycles. The summed E-state index contributed by atoms with van der Waals surface area (Å²) < 4.78 is 5.64. The average Bonchev–Trinajstić information content (AvgIpc) is 2.53. The molecular formula is C20H31NO2. The first-order valence-electron chi connectivity index (χ1n) is 8.84. The quantitative estimate of drug-likeness (QED) is 0.809. The molecule has 1 heterocycles. The minimum absolute atomic E-state index is 0.156. The van der Waals surface area contributed by atoms with Crippen molar-refractivity contribution in [2.24, 2.45) is 11.8 Å². The summed E-state index contributed by atoms with van der Waals surface area (Å²) in [5.41, 5.74) is 2.07. The molecule has 1 aliphatic heterocycles. The number of hydrogen-bond acceptors (Lipinski definition) is 2. The highest BCUT2D eigenvalue weighted by Gasteiger charge is 2.32. The Balaban J connectivity index is 2.06. The first-order valence-corrected chi connectivity index (χ1v) is 8.84. The zero-order chi connectivity index (χ0) is 17.0. The number of piperidine rings is 1. The molecule has 1 amide bonds. The summed E-state index contributed by atoms with van der Waals surface area (Å²) in [6, 6.07) is 8.09. The summed E-state index contributed by atoms with van der Waals surface area (Å²) in [7, 11) is 1.79. The van der Waals surface area contributed by atoms with Gasteiger partial charge in [0, 0.05) is 31.7 Å². The van der Waals surface area contributed by atoms with E-state index in [4.69, 9.17) is 4.74 Å². The lowest BCUT2D eigenvalue weighted by atomic mass is 9.87. The van der Waals surface area contributed by atoms with E-state index >= 15 is 0 Å². The van der Waals surface area contributed by atoms with Crippen molar-refractivity contribution in [2.45, 2.75) is 52.6 Å². The fourth-order valence-electron chi connectivity index (χ4n) is 3.53. The van der Waals surface area contributed by atoms with E-state index in [9.17, 15) is 4.79 Å². The molecule has 2 unspecified atom stereocenters. The fourth-order valence-corrected chi connectivity index (χ4v) is 3.53. The van der Waals surface area contributed by atoms with Gasteiger partial charge in [-0.2, -0.15) is 0 Å². The van der Waals surface area contributed by atoms with Gasteiger partial charge in [0.2, 0.25) is 0 Å². The van der Waals surface area contributed by atoms with E-state index in [1.165, 1.54) is 5.56 Å². The Hall–Kier alpha value is -1.35. The van der Waals surface area contributed by atoms with Gasteiger partial charge in [-0.05, 0) is 42.4 Å². The van der Waals surface area contributed by atoms with E-state index in [1.54, 1.807) is 7.11 Å². The van der Waals surface area contributed by atoms with Crippen molar-refractivity contribution < 1.29 is 9.53 Å². The van der Waals surface area contributed by atoms with Crippen molar-refractivity contribution >= 4 is 5.91 Å². The molecule has 1 fully saturated rings. The van der Waals surface area contributed by atoms with Crippen LogP contribution in [0.1, 0.15) is 62.4 Å². The Morgan fingerprint density at radius 1 is 1.22 bits per heavy atom. The van der Waals surface area contributed by atoms with Crippen LogP contribution in [0.15, 0.2) is 24.3 Å². The Labute approximate surface area is 141 Å². The van der Waals surface area contributed by atoms with Crippen LogP contribution in [0.5, 0.6) is 0 Å². The van der Waals surface area contributed by atoms with Crippen molar-refractivity contribution in [1.29, 1.82) is 0 Å². The first-order chi connectivity index (χ1) is 10.9. The molecule has 128 valence electrons. The van der Waals surface area contributed by atoms with Gasteiger partial charge in [0.1, 0.15) is 0 Å². The van der Waals surface area contributed by atoms with Gasteiger partial charge >= 0.3 is 0 Å². The van der Waals surface area contributed by atoms with Crippen LogP contribution in [-0.4, -0.2) is 37.1 Å². The summed E-state index contributed by atoms with van der Waals surface area (Å²) in [5, 5.41) is 0. The Morgan fingerprint density at radius 3 is 2.39 bits per heavy atom. The predicted molar refractivity (Wildman–Crippen MR) is 94.8 cm³/mol. The smallest absolute Gasteiger partial charge is 0.253 e. The molecule has 1 aromatic carbocycles. The van der Waals surface area contributed by atoms with E-state index in [2.05, 4.69) is 39.8 Å². The van der Waals surface area contributed by atoms with Gasteiger partial charge in [-0.25, -0.2) is 0 Å². The number of carbonyl (C=O) groups excluding carboxylic acids is 1. The number of benzene rings is 1. The highest BCUT2D eigenvalue weighted by Crippen LogP contribution is 2.27. The first kappa shape index (κ1) is 18.0. The third kappa shape index (κ3) is 4.57. The van der Waals surface area contributed by atoms with Gasteiger partial charge in [0.05, 0.1) is 6.10 Å². The van der Waals surface area contributed by atoms with Crippen LogP contribution in [0.2, 0.25) is 0 Å². The molecule has 1 aromatic rings. The Kier molecular flexibility index (Phi) is 6.23.